The van der Waals surface area contributed by atoms with E-state index in [0.717, 1.165) is 0 Å². The predicted octanol–water partition coefficient (Wildman–Crippen LogP) is 3.45. The van der Waals surface area contributed by atoms with Crippen LogP contribution in [0.5, 0.6) is 5.75 Å². The van der Waals surface area contributed by atoms with E-state index in [1.807, 2.05) is 0 Å². The van der Waals surface area contributed by atoms with Crippen molar-refractivity contribution in [3.05, 3.63) is 57.8 Å². The summed E-state index contributed by atoms with van der Waals surface area (Å²) in [5.74, 6) is -1.45. The summed E-state index contributed by atoms with van der Waals surface area (Å²) in [7, 11) is 0. The Hall–Kier alpha value is -2.08. The molecule has 0 radical (unpaired) electrons. The van der Waals surface area contributed by atoms with Crippen LogP contribution in [0.4, 0.5) is 10.1 Å². The number of nitrogen functional groups attached to an aromatic ring is 1. The number of benzene rings is 2. The highest BCUT2D eigenvalue weighted by atomic mass is 79.9. The summed E-state index contributed by atoms with van der Waals surface area (Å²) >= 11 is 3.18. The minimum absolute atomic E-state index is 0.0187. The molecule has 2 rings (SSSR count). The summed E-state index contributed by atoms with van der Waals surface area (Å²) in [6, 6.07) is 8.79. The third kappa shape index (κ3) is 3.27. The van der Waals surface area contributed by atoms with E-state index in [-0.39, 0.29) is 23.6 Å². The van der Waals surface area contributed by atoms with Gasteiger partial charge >= 0.3 is 5.97 Å². The molecular formula is C14H11BrFNO3. The molecular weight excluding hydrogens is 329 g/mol. The minimum atomic E-state index is -1.13. The molecule has 2 aromatic carbocycles. The predicted molar refractivity (Wildman–Crippen MR) is 76.2 cm³/mol. The molecule has 6 heteroatoms. The molecule has 0 saturated carbocycles. The van der Waals surface area contributed by atoms with Crippen molar-refractivity contribution in [3.8, 4) is 5.75 Å². The average molecular weight is 340 g/mol. The Labute approximate surface area is 123 Å². The van der Waals surface area contributed by atoms with Crippen molar-refractivity contribution >= 4 is 27.6 Å². The van der Waals surface area contributed by atoms with Crippen LogP contribution in [0.2, 0.25) is 0 Å². The zero-order valence-corrected chi connectivity index (χ0v) is 11.9. The molecule has 3 N–H and O–H groups in total. The number of carboxylic acids is 1. The molecule has 0 amide bonds. The topological polar surface area (TPSA) is 72.6 Å². The van der Waals surface area contributed by atoms with Gasteiger partial charge in [0.2, 0.25) is 0 Å². The molecule has 0 aliphatic rings. The van der Waals surface area contributed by atoms with Crippen LogP contribution in [0, 0.1) is 5.82 Å². The summed E-state index contributed by atoms with van der Waals surface area (Å²) in [6.45, 7) is 0.0187. The number of para-hydroxylation sites is 1. The Morgan fingerprint density at radius 2 is 2.10 bits per heavy atom. The molecule has 0 aliphatic carbocycles. The smallest absolute Gasteiger partial charge is 0.339 e. The van der Waals surface area contributed by atoms with Gasteiger partial charge in [-0.05, 0) is 35.9 Å². The average Bonchev–Trinajstić information content (AvgIpc) is 2.35. The van der Waals surface area contributed by atoms with E-state index in [0.29, 0.717) is 10.0 Å². The molecule has 4 nitrogen and oxygen atoms in total. The van der Waals surface area contributed by atoms with Gasteiger partial charge in [-0.2, -0.15) is 0 Å². The fraction of sp³-hybridized carbons (Fsp3) is 0.0714. The van der Waals surface area contributed by atoms with Crippen LogP contribution in [-0.2, 0) is 6.61 Å². The molecule has 0 atom stereocenters. The SMILES string of the molecule is Nc1cccc(C(=O)O)c1OCc1cc(F)cc(Br)c1. The van der Waals surface area contributed by atoms with Gasteiger partial charge in [-0.3, -0.25) is 0 Å². The number of hydrogen-bond donors (Lipinski definition) is 2. The quantitative estimate of drug-likeness (QED) is 0.837. The number of hydrogen-bond acceptors (Lipinski definition) is 3. The van der Waals surface area contributed by atoms with Gasteiger partial charge in [-0.25, -0.2) is 9.18 Å². The van der Waals surface area contributed by atoms with Crippen molar-refractivity contribution in [2.24, 2.45) is 0 Å². The molecule has 0 heterocycles. The van der Waals surface area contributed by atoms with E-state index in [4.69, 9.17) is 15.6 Å². The Bertz CT molecular complexity index is 641. The van der Waals surface area contributed by atoms with E-state index < -0.39 is 11.8 Å². The van der Waals surface area contributed by atoms with E-state index in [9.17, 15) is 9.18 Å². The largest absolute Gasteiger partial charge is 0.486 e. The van der Waals surface area contributed by atoms with Crippen LogP contribution in [0.25, 0.3) is 0 Å². The molecule has 104 valence electrons. The Balaban J connectivity index is 2.25. The summed E-state index contributed by atoms with van der Waals surface area (Å²) in [5, 5.41) is 9.07. The molecule has 20 heavy (non-hydrogen) atoms. The number of nitrogens with two attached hydrogens (primary N) is 1. The van der Waals surface area contributed by atoms with Crippen molar-refractivity contribution in [2.75, 3.05) is 5.73 Å². The normalized spacial score (nSPS) is 10.3. The Morgan fingerprint density at radius 3 is 2.75 bits per heavy atom. The Morgan fingerprint density at radius 1 is 1.35 bits per heavy atom. The third-order valence-corrected chi connectivity index (χ3v) is 3.04. The van der Waals surface area contributed by atoms with Crippen molar-refractivity contribution in [3.63, 3.8) is 0 Å². The van der Waals surface area contributed by atoms with Crippen LogP contribution >= 0.6 is 15.9 Å². The summed E-state index contributed by atoms with van der Waals surface area (Å²) in [6.07, 6.45) is 0. The Kier molecular flexibility index (Phi) is 4.24. The molecule has 0 fully saturated rings. The van der Waals surface area contributed by atoms with E-state index >= 15 is 0 Å². The van der Waals surface area contributed by atoms with Crippen LogP contribution < -0.4 is 10.5 Å². The number of rotatable bonds is 4. The minimum Gasteiger partial charge on any atom is -0.486 e. The summed E-state index contributed by atoms with van der Waals surface area (Å²) in [5.41, 5.74) is 6.47. The van der Waals surface area contributed by atoms with E-state index in [2.05, 4.69) is 15.9 Å². The highest BCUT2D eigenvalue weighted by Crippen LogP contribution is 2.27. The van der Waals surface area contributed by atoms with Crippen LogP contribution in [-0.4, -0.2) is 11.1 Å². The fourth-order valence-corrected chi connectivity index (χ4v) is 2.25. The van der Waals surface area contributed by atoms with Gasteiger partial charge in [0.1, 0.15) is 18.0 Å². The van der Waals surface area contributed by atoms with Gasteiger partial charge < -0.3 is 15.6 Å². The summed E-state index contributed by atoms with van der Waals surface area (Å²) < 4.78 is 19.2. The third-order valence-electron chi connectivity index (χ3n) is 2.58. The van der Waals surface area contributed by atoms with Crippen molar-refractivity contribution in [1.82, 2.24) is 0 Å². The number of aromatic carboxylic acids is 1. The zero-order valence-electron chi connectivity index (χ0n) is 10.3. The molecule has 0 unspecified atom stereocenters. The zero-order chi connectivity index (χ0) is 14.7. The molecule has 0 aliphatic heterocycles. The lowest BCUT2D eigenvalue weighted by Crippen LogP contribution is -2.06. The summed E-state index contributed by atoms with van der Waals surface area (Å²) in [4.78, 5) is 11.1. The molecule has 0 bridgehead atoms. The second-order valence-electron chi connectivity index (χ2n) is 4.10. The molecule has 0 spiro atoms. The first kappa shape index (κ1) is 14.3. The van der Waals surface area contributed by atoms with Gasteiger partial charge in [0.05, 0.1) is 5.69 Å². The first-order chi connectivity index (χ1) is 9.47. The van der Waals surface area contributed by atoms with Crippen LogP contribution in [0.1, 0.15) is 15.9 Å². The standard InChI is InChI=1S/C14H11BrFNO3/c15-9-4-8(5-10(16)6-9)7-20-13-11(14(18)19)2-1-3-12(13)17/h1-6H,7,17H2,(H,18,19). The maximum atomic E-state index is 13.2. The van der Waals surface area contributed by atoms with Gasteiger partial charge in [0, 0.05) is 4.47 Å². The van der Waals surface area contributed by atoms with E-state index in [1.165, 1.54) is 24.3 Å². The second kappa shape index (κ2) is 5.92. The highest BCUT2D eigenvalue weighted by Gasteiger charge is 2.14. The number of carbonyl (C=O) groups is 1. The maximum absolute atomic E-state index is 13.2. The number of ether oxygens (including phenoxy) is 1. The first-order valence-corrected chi connectivity index (χ1v) is 6.46. The lowest BCUT2D eigenvalue weighted by molar-refractivity contribution is 0.0692. The van der Waals surface area contributed by atoms with Gasteiger partial charge in [-0.1, -0.05) is 22.0 Å². The van der Waals surface area contributed by atoms with Crippen molar-refractivity contribution in [1.29, 1.82) is 0 Å². The van der Waals surface area contributed by atoms with Crippen molar-refractivity contribution in [2.45, 2.75) is 6.61 Å². The maximum Gasteiger partial charge on any atom is 0.339 e. The van der Waals surface area contributed by atoms with Crippen molar-refractivity contribution < 1.29 is 19.0 Å². The fourth-order valence-electron chi connectivity index (χ4n) is 1.73. The number of halogens is 2. The second-order valence-corrected chi connectivity index (χ2v) is 5.01. The number of anilines is 1. The van der Waals surface area contributed by atoms with Crippen LogP contribution in [0.15, 0.2) is 40.9 Å². The molecule has 0 saturated heterocycles. The van der Waals surface area contributed by atoms with Crippen LogP contribution in [0.3, 0.4) is 0 Å². The lowest BCUT2D eigenvalue weighted by Gasteiger charge is -2.12. The van der Waals surface area contributed by atoms with Gasteiger partial charge in [0.25, 0.3) is 0 Å². The van der Waals surface area contributed by atoms with Gasteiger partial charge in [-0.15, -0.1) is 0 Å². The first-order valence-electron chi connectivity index (χ1n) is 5.67. The molecule has 0 aromatic heterocycles. The van der Waals surface area contributed by atoms with Gasteiger partial charge in [0.15, 0.2) is 5.75 Å². The highest BCUT2D eigenvalue weighted by molar-refractivity contribution is 9.10. The van der Waals surface area contributed by atoms with E-state index in [1.54, 1.807) is 12.1 Å². The molecule has 2 aromatic rings. The monoisotopic (exact) mass is 339 g/mol. The lowest BCUT2D eigenvalue weighted by atomic mass is 10.1. The number of carboxylic acid groups (broad SMARTS) is 1.